The van der Waals surface area contributed by atoms with Gasteiger partial charge in [0.2, 0.25) is 0 Å². The Morgan fingerprint density at radius 1 is 1.35 bits per heavy atom. The van der Waals surface area contributed by atoms with Crippen molar-refractivity contribution in [3.8, 4) is 0 Å². The van der Waals surface area contributed by atoms with Gasteiger partial charge in [0.15, 0.2) is 0 Å². The summed E-state index contributed by atoms with van der Waals surface area (Å²) < 4.78 is 42.5. The Hall–Kier alpha value is -2.51. The Bertz CT molecular complexity index is 609. The predicted molar refractivity (Wildman–Crippen MR) is 65.4 cm³/mol. The zero-order chi connectivity index (χ0) is 14.8. The third-order valence-electron chi connectivity index (χ3n) is 2.55. The second-order valence-corrected chi connectivity index (χ2v) is 3.88. The zero-order valence-electron chi connectivity index (χ0n) is 10.3. The Labute approximate surface area is 111 Å². The first-order valence-electron chi connectivity index (χ1n) is 5.51. The number of nitrogens with zero attached hydrogens (tertiary/aromatic N) is 1. The number of alkyl halides is 3. The Balaban J connectivity index is 2.35. The predicted octanol–water partition coefficient (Wildman–Crippen LogP) is 2.99. The van der Waals surface area contributed by atoms with Crippen molar-refractivity contribution >= 4 is 17.3 Å². The van der Waals surface area contributed by atoms with E-state index in [1.54, 1.807) is 0 Å². The van der Waals surface area contributed by atoms with Crippen LogP contribution in [0.3, 0.4) is 0 Å². The van der Waals surface area contributed by atoms with Crippen molar-refractivity contribution in [1.29, 1.82) is 0 Å². The van der Waals surface area contributed by atoms with E-state index in [1.165, 1.54) is 25.6 Å². The van der Waals surface area contributed by atoms with E-state index in [-0.39, 0.29) is 16.9 Å². The summed E-state index contributed by atoms with van der Waals surface area (Å²) in [5.41, 5.74) is -0.475. The molecular weight excluding hydrogens is 275 g/mol. The molecule has 106 valence electrons. The molecule has 1 heterocycles. The maximum atomic E-state index is 12.7. The van der Waals surface area contributed by atoms with Crippen LogP contribution in [-0.4, -0.2) is 18.1 Å². The maximum Gasteiger partial charge on any atom is 0.416 e. The monoisotopic (exact) mass is 285 g/mol. The van der Waals surface area contributed by atoms with Crippen LogP contribution in [0.15, 0.2) is 35.2 Å². The molecule has 0 radical (unpaired) electrons. The molecule has 20 heavy (non-hydrogen) atoms. The van der Waals surface area contributed by atoms with Crippen molar-refractivity contribution in [1.82, 2.24) is 5.16 Å². The Morgan fingerprint density at radius 2 is 2.10 bits per heavy atom. The molecule has 0 fully saturated rings. The number of carbonyl (C=O) groups excluding carboxylic acids is 1. The highest BCUT2D eigenvalue weighted by atomic mass is 19.4. The normalized spacial score (nSPS) is 11.2. The molecule has 1 amide bonds. The van der Waals surface area contributed by atoms with Crippen molar-refractivity contribution in [2.45, 2.75) is 6.18 Å². The smallest absolute Gasteiger partial charge is 0.387 e. The average molecular weight is 285 g/mol. The molecule has 0 spiro atoms. The van der Waals surface area contributed by atoms with E-state index in [4.69, 9.17) is 0 Å². The van der Waals surface area contributed by atoms with Gasteiger partial charge in [-0.25, -0.2) is 0 Å². The molecular formula is C12H10F3N3O2. The van der Waals surface area contributed by atoms with Crippen LogP contribution in [-0.2, 0) is 6.18 Å². The number of carbonyl (C=O) groups is 1. The highest BCUT2D eigenvalue weighted by molar-refractivity contribution is 6.08. The van der Waals surface area contributed by atoms with Gasteiger partial charge in [-0.05, 0) is 18.2 Å². The number of halogens is 3. The summed E-state index contributed by atoms with van der Waals surface area (Å²) >= 11 is 0. The molecule has 8 heteroatoms. The van der Waals surface area contributed by atoms with Crippen LogP contribution >= 0.6 is 0 Å². The fourth-order valence-corrected chi connectivity index (χ4v) is 1.59. The van der Waals surface area contributed by atoms with Crippen LogP contribution in [0, 0.1) is 0 Å². The second-order valence-electron chi connectivity index (χ2n) is 3.88. The lowest BCUT2D eigenvalue weighted by atomic mass is 10.1. The molecule has 5 nitrogen and oxygen atoms in total. The molecule has 0 unspecified atom stereocenters. The van der Waals surface area contributed by atoms with Gasteiger partial charge in [-0.3, -0.25) is 4.79 Å². The lowest BCUT2D eigenvalue weighted by Gasteiger charge is -2.12. The van der Waals surface area contributed by atoms with Crippen molar-refractivity contribution in [2.75, 3.05) is 17.7 Å². The van der Waals surface area contributed by atoms with E-state index in [1.807, 2.05) is 0 Å². The number of benzene rings is 1. The van der Waals surface area contributed by atoms with Crippen LogP contribution in [0.5, 0.6) is 0 Å². The zero-order valence-corrected chi connectivity index (χ0v) is 10.3. The SMILES string of the molecule is CNc1ccc(C(F)(F)F)cc1C(=O)Nc1cnoc1. The van der Waals surface area contributed by atoms with E-state index in [2.05, 4.69) is 20.3 Å². The molecule has 0 bridgehead atoms. The van der Waals surface area contributed by atoms with Gasteiger partial charge >= 0.3 is 6.18 Å². The number of aromatic nitrogens is 1. The molecule has 0 aliphatic heterocycles. The van der Waals surface area contributed by atoms with E-state index in [0.717, 1.165) is 12.1 Å². The summed E-state index contributed by atoms with van der Waals surface area (Å²) in [6.07, 6.45) is -2.10. The fraction of sp³-hybridized carbons (Fsp3) is 0.167. The van der Waals surface area contributed by atoms with Crippen molar-refractivity contribution < 1.29 is 22.5 Å². The first-order chi connectivity index (χ1) is 9.41. The minimum Gasteiger partial charge on any atom is -0.387 e. The number of hydrogen-bond donors (Lipinski definition) is 2. The summed E-state index contributed by atoms with van der Waals surface area (Å²) in [5.74, 6) is -0.691. The summed E-state index contributed by atoms with van der Waals surface area (Å²) in [4.78, 5) is 12.0. The average Bonchev–Trinajstić information content (AvgIpc) is 2.89. The minimum atomic E-state index is -4.52. The molecule has 2 N–H and O–H groups in total. The highest BCUT2D eigenvalue weighted by Crippen LogP contribution is 2.32. The fourth-order valence-electron chi connectivity index (χ4n) is 1.59. The summed E-state index contributed by atoms with van der Waals surface area (Å²) in [6, 6.07) is 2.89. The van der Waals surface area contributed by atoms with Gasteiger partial charge in [0.05, 0.1) is 17.3 Å². The third kappa shape index (κ3) is 2.90. The molecule has 2 aromatic rings. The van der Waals surface area contributed by atoms with Crippen LogP contribution in [0.25, 0.3) is 0 Å². The van der Waals surface area contributed by atoms with Gasteiger partial charge in [0, 0.05) is 12.7 Å². The van der Waals surface area contributed by atoms with Gasteiger partial charge in [-0.1, -0.05) is 5.16 Å². The summed E-state index contributed by atoms with van der Waals surface area (Å²) in [5, 5.41) is 8.44. The maximum absolute atomic E-state index is 12.7. The van der Waals surface area contributed by atoms with Crippen molar-refractivity contribution in [3.05, 3.63) is 41.8 Å². The second kappa shape index (κ2) is 5.24. The van der Waals surface area contributed by atoms with Gasteiger partial charge in [0.1, 0.15) is 12.0 Å². The summed E-state index contributed by atoms with van der Waals surface area (Å²) in [6.45, 7) is 0. The van der Waals surface area contributed by atoms with E-state index in [0.29, 0.717) is 0 Å². The van der Waals surface area contributed by atoms with Crippen molar-refractivity contribution in [3.63, 3.8) is 0 Å². The highest BCUT2D eigenvalue weighted by Gasteiger charge is 2.31. The molecule has 1 aromatic carbocycles. The number of rotatable bonds is 3. The first-order valence-corrected chi connectivity index (χ1v) is 5.51. The van der Waals surface area contributed by atoms with Crippen molar-refractivity contribution in [2.24, 2.45) is 0 Å². The van der Waals surface area contributed by atoms with Gasteiger partial charge < -0.3 is 15.2 Å². The van der Waals surface area contributed by atoms with E-state index >= 15 is 0 Å². The van der Waals surface area contributed by atoms with Crippen LogP contribution < -0.4 is 10.6 Å². The van der Waals surface area contributed by atoms with Crippen LogP contribution in [0.1, 0.15) is 15.9 Å². The van der Waals surface area contributed by atoms with Crippen LogP contribution in [0.4, 0.5) is 24.5 Å². The molecule has 0 saturated heterocycles. The number of hydrogen-bond acceptors (Lipinski definition) is 4. The van der Waals surface area contributed by atoms with Gasteiger partial charge in [0.25, 0.3) is 5.91 Å². The molecule has 1 aromatic heterocycles. The van der Waals surface area contributed by atoms with Crippen LogP contribution in [0.2, 0.25) is 0 Å². The van der Waals surface area contributed by atoms with Gasteiger partial charge in [-0.15, -0.1) is 0 Å². The number of nitrogens with one attached hydrogen (secondary N) is 2. The molecule has 0 aliphatic carbocycles. The molecule has 0 aliphatic rings. The Morgan fingerprint density at radius 3 is 2.65 bits per heavy atom. The van der Waals surface area contributed by atoms with E-state index < -0.39 is 17.6 Å². The largest absolute Gasteiger partial charge is 0.416 e. The minimum absolute atomic E-state index is 0.122. The lowest BCUT2D eigenvalue weighted by Crippen LogP contribution is -2.15. The first kappa shape index (κ1) is 13.9. The quantitative estimate of drug-likeness (QED) is 0.909. The van der Waals surface area contributed by atoms with Gasteiger partial charge in [-0.2, -0.15) is 13.2 Å². The topological polar surface area (TPSA) is 67.2 Å². The molecule has 2 rings (SSSR count). The standard InChI is InChI=1S/C12H10F3N3O2/c1-16-10-3-2-7(12(13,14)15)4-9(10)11(19)18-8-5-17-20-6-8/h2-6,16H,1H3,(H,18,19). The lowest BCUT2D eigenvalue weighted by molar-refractivity contribution is -0.137. The van der Waals surface area contributed by atoms with E-state index in [9.17, 15) is 18.0 Å². The molecule has 0 saturated carbocycles. The Kier molecular flexibility index (Phi) is 3.64. The number of anilines is 2. The molecule has 0 atom stereocenters. The third-order valence-corrected chi connectivity index (χ3v) is 2.55. The summed E-state index contributed by atoms with van der Waals surface area (Å²) in [7, 11) is 1.51. The number of amides is 1.